The molecule has 10 heteroatoms. The van der Waals surface area contributed by atoms with Crippen molar-refractivity contribution < 1.29 is 17.9 Å². The van der Waals surface area contributed by atoms with Crippen LogP contribution in [0.25, 0.3) is 6.08 Å². The van der Waals surface area contributed by atoms with Crippen LogP contribution >= 0.6 is 35.6 Å². The Hall–Kier alpha value is -1.91. The third kappa shape index (κ3) is 4.56. The molecule has 1 fully saturated rings. The van der Waals surface area contributed by atoms with E-state index in [0.717, 1.165) is 5.56 Å². The first-order chi connectivity index (χ1) is 13.2. The zero-order chi connectivity index (χ0) is 20.5. The molecule has 0 aliphatic carbocycles. The maximum absolute atomic E-state index is 12.8. The Balaban J connectivity index is 1.84. The molecule has 28 heavy (non-hydrogen) atoms. The number of hydrogen-bond acceptors (Lipinski definition) is 6. The van der Waals surface area contributed by atoms with Crippen LogP contribution in [0, 0.1) is 0 Å². The van der Waals surface area contributed by atoms with Crippen LogP contribution in [-0.4, -0.2) is 30.7 Å². The van der Waals surface area contributed by atoms with Crippen LogP contribution in [0.15, 0.2) is 52.3 Å². The van der Waals surface area contributed by atoms with E-state index in [1.165, 1.54) is 28.8 Å². The zero-order valence-corrected chi connectivity index (χ0v) is 17.8. The van der Waals surface area contributed by atoms with Gasteiger partial charge in [0.1, 0.15) is 10.1 Å². The molecule has 2 N–H and O–H groups in total. The molecule has 1 aliphatic heterocycles. The Morgan fingerprint density at radius 2 is 1.93 bits per heavy atom. The van der Waals surface area contributed by atoms with Gasteiger partial charge in [-0.05, 0) is 42.0 Å². The number of carbonyl (C=O) groups is 1. The summed E-state index contributed by atoms with van der Waals surface area (Å²) in [5.74, 6) is 0.369. The van der Waals surface area contributed by atoms with Gasteiger partial charge >= 0.3 is 0 Å². The lowest BCUT2D eigenvalue weighted by atomic mass is 10.2. The average Bonchev–Trinajstić information content (AvgIpc) is 2.89. The molecule has 146 valence electrons. The number of amides is 1. The number of hydrogen-bond donors (Lipinski definition) is 1. The van der Waals surface area contributed by atoms with Gasteiger partial charge in [0.15, 0.2) is 0 Å². The first-order valence-electron chi connectivity index (χ1n) is 7.89. The fourth-order valence-electron chi connectivity index (χ4n) is 2.58. The average molecular weight is 455 g/mol. The summed E-state index contributed by atoms with van der Waals surface area (Å²) >= 11 is 12.6. The van der Waals surface area contributed by atoms with Crippen molar-refractivity contribution in [2.45, 2.75) is 11.4 Å². The Kier molecular flexibility index (Phi) is 6.11. The number of thiocarbonyl (C=S) groups is 1. The van der Waals surface area contributed by atoms with E-state index in [1.54, 1.807) is 43.5 Å². The van der Waals surface area contributed by atoms with Crippen LogP contribution in [-0.2, 0) is 21.4 Å². The number of sulfonamides is 1. The van der Waals surface area contributed by atoms with Gasteiger partial charge in [-0.2, -0.15) is 0 Å². The largest absolute Gasteiger partial charge is 0.496 e. The zero-order valence-electron chi connectivity index (χ0n) is 14.6. The van der Waals surface area contributed by atoms with Crippen LogP contribution in [0.3, 0.4) is 0 Å². The van der Waals surface area contributed by atoms with Crippen LogP contribution < -0.4 is 9.88 Å². The summed E-state index contributed by atoms with van der Waals surface area (Å²) in [4.78, 5) is 14.7. The molecule has 0 bridgehead atoms. The van der Waals surface area contributed by atoms with E-state index in [0.29, 0.717) is 25.6 Å². The first kappa shape index (κ1) is 20.8. The Morgan fingerprint density at radius 3 is 2.54 bits per heavy atom. The van der Waals surface area contributed by atoms with Gasteiger partial charge in [-0.1, -0.05) is 47.7 Å². The molecule has 0 saturated carbocycles. The van der Waals surface area contributed by atoms with Gasteiger partial charge in [0.25, 0.3) is 5.91 Å². The van der Waals surface area contributed by atoms with Crippen molar-refractivity contribution in [3.05, 3.63) is 63.5 Å². The van der Waals surface area contributed by atoms with Gasteiger partial charge in [0.05, 0.1) is 23.5 Å². The number of rotatable bonds is 5. The molecule has 1 saturated heterocycles. The van der Waals surface area contributed by atoms with Crippen LogP contribution in [0.4, 0.5) is 0 Å². The maximum atomic E-state index is 12.8. The van der Waals surface area contributed by atoms with Crippen LogP contribution in [0.5, 0.6) is 5.75 Å². The maximum Gasteiger partial charge on any atom is 0.266 e. The summed E-state index contributed by atoms with van der Waals surface area (Å²) in [6, 6.07) is 11.1. The molecule has 0 atom stereocenters. The van der Waals surface area contributed by atoms with E-state index >= 15 is 0 Å². The number of primary sulfonamides is 1. The number of thioether (sulfide) groups is 1. The van der Waals surface area contributed by atoms with Crippen molar-refractivity contribution in [3.63, 3.8) is 0 Å². The normalized spacial score (nSPS) is 16.1. The standard InChI is InChI=1S/C18H15ClN2O4S3/c1-25-15-7-4-13(19)9-12(15)10-21-17(22)16(27-18(21)26)8-11-2-5-14(6-3-11)28(20,23)24/h2-9H,10H2,1H3,(H2,20,23,24)/b16-8-. The molecule has 1 aliphatic rings. The second kappa shape index (κ2) is 8.22. The summed E-state index contributed by atoms with van der Waals surface area (Å²) in [6.07, 6.45) is 1.65. The number of halogens is 1. The molecular formula is C18H15ClN2O4S3. The fraction of sp³-hybridized carbons (Fsp3) is 0.111. The minimum atomic E-state index is -3.76. The number of ether oxygens (including phenoxy) is 1. The summed E-state index contributed by atoms with van der Waals surface area (Å²) in [6.45, 7) is 0.232. The highest BCUT2D eigenvalue weighted by Crippen LogP contribution is 2.35. The van der Waals surface area contributed by atoms with Crippen molar-refractivity contribution in [3.8, 4) is 5.75 Å². The third-order valence-electron chi connectivity index (χ3n) is 3.95. The first-order valence-corrected chi connectivity index (χ1v) is 11.0. The van der Waals surface area contributed by atoms with Crippen molar-refractivity contribution in [2.75, 3.05) is 7.11 Å². The summed E-state index contributed by atoms with van der Waals surface area (Å²) < 4.78 is 28.4. The fourth-order valence-corrected chi connectivity index (χ4v) is 4.55. The molecule has 1 heterocycles. The van der Waals surface area contributed by atoms with E-state index in [1.807, 2.05) is 0 Å². The smallest absolute Gasteiger partial charge is 0.266 e. The summed E-state index contributed by atoms with van der Waals surface area (Å²) in [5, 5.41) is 5.63. The molecule has 0 radical (unpaired) electrons. The van der Waals surface area contributed by atoms with E-state index in [2.05, 4.69) is 0 Å². The molecular weight excluding hydrogens is 440 g/mol. The molecule has 0 unspecified atom stereocenters. The molecule has 1 amide bonds. The van der Waals surface area contributed by atoms with E-state index in [9.17, 15) is 13.2 Å². The predicted octanol–water partition coefficient (Wildman–Crippen LogP) is 3.40. The van der Waals surface area contributed by atoms with Gasteiger partial charge in [-0.3, -0.25) is 9.69 Å². The molecule has 3 rings (SSSR count). The second-order valence-corrected chi connectivity index (χ2v) is 9.51. The number of carbonyl (C=O) groups excluding carboxylic acids is 1. The van der Waals surface area contributed by atoms with Gasteiger partial charge in [-0.15, -0.1) is 0 Å². The SMILES string of the molecule is COc1ccc(Cl)cc1CN1C(=O)/C(=C/c2ccc(S(N)(=O)=O)cc2)SC1=S. The summed E-state index contributed by atoms with van der Waals surface area (Å²) in [7, 11) is -2.22. The van der Waals surface area contributed by atoms with E-state index in [-0.39, 0.29) is 17.3 Å². The van der Waals surface area contributed by atoms with Gasteiger partial charge in [0.2, 0.25) is 10.0 Å². The van der Waals surface area contributed by atoms with Crippen molar-refractivity contribution in [1.82, 2.24) is 4.90 Å². The lowest BCUT2D eigenvalue weighted by molar-refractivity contribution is -0.122. The second-order valence-electron chi connectivity index (χ2n) is 5.84. The van der Waals surface area contributed by atoms with E-state index < -0.39 is 10.0 Å². The number of nitrogens with two attached hydrogens (primary N) is 1. The predicted molar refractivity (Wildman–Crippen MR) is 115 cm³/mol. The van der Waals surface area contributed by atoms with Crippen LogP contribution in [0.2, 0.25) is 5.02 Å². The summed E-state index contributed by atoms with van der Waals surface area (Å²) in [5.41, 5.74) is 1.40. The molecule has 2 aromatic carbocycles. The van der Waals surface area contributed by atoms with Crippen molar-refractivity contribution >= 4 is 61.9 Å². The molecule has 0 spiro atoms. The van der Waals surface area contributed by atoms with Gasteiger partial charge in [-0.25, -0.2) is 13.6 Å². The highest BCUT2D eigenvalue weighted by atomic mass is 35.5. The number of benzene rings is 2. The minimum absolute atomic E-state index is 0.00486. The third-order valence-corrected chi connectivity index (χ3v) is 6.49. The number of nitrogens with zero attached hydrogens (tertiary/aromatic N) is 1. The van der Waals surface area contributed by atoms with Crippen molar-refractivity contribution in [2.24, 2.45) is 5.14 Å². The van der Waals surface area contributed by atoms with Gasteiger partial charge < -0.3 is 4.74 Å². The highest BCUT2D eigenvalue weighted by Gasteiger charge is 2.32. The van der Waals surface area contributed by atoms with Crippen molar-refractivity contribution in [1.29, 1.82) is 0 Å². The Bertz CT molecular complexity index is 1080. The minimum Gasteiger partial charge on any atom is -0.496 e. The highest BCUT2D eigenvalue weighted by molar-refractivity contribution is 8.26. The number of methoxy groups -OCH3 is 1. The Labute approximate surface area is 177 Å². The lowest BCUT2D eigenvalue weighted by Crippen LogP contribution is -2.27. The van der Waals surface area contributed by atoms with Crippen LogP contribution in [0.1, 0.15) is 11.1 Å². The quantitative estimate of drug-likeness (QED) is 0.550. The Morgan fingerprint density at radius 1 is 1.25 bits per heavy atom. The molecule has 0 aromatic heterocycles. The topological polar surface area (TPSA) is 89.7 Å². The van der Waals surface area contributed by atoms with Gasteiger partial charge in [0, 0.05) is 10.6 Å². The molecule has 2 aromatic rings. The monoisotopic (exact) mass is 454 g/mol. The lowest BCUT2D eigenvalue weighted by Gasteiger charge is -2.17. The molecule has 6 nitrogen and oxygen atoms in total. The van der Waals surface area contributed by atoms with E-state index in [4.69, 9.17) is 33.7 Å².